The van der Waals surface area contributed by atoms with Crippen LogP contribution in [-0.4, -0.2) is 13.3 Å². The van der Waals surface area contributed by atoms with Crippen molar-refractivity contribution in [2.45, 2.75) is 0 Å². The Morgan fingerprint density at radius 2 is 2.20 bits per heavy atom. The second-order valence-corrected chi connectivity index (χ2v) is 2.91. The van der Waals surface area contributed by atoms with Crippen molar-refractivity contribution < 1.29 is 13.5 Å². The summed E-state index contributed by atoms with van der Waals surface area (Å²) in [7, 11) is 0. The highest BCUT2D eigenvalue weighted by Crippen LogP contribution is 2.32. The summed E-state index contributed by atoms with van der Waals surface area (Å²) >= 11 is 0. The second kappa shape index (κ2) is 4.01. The number of hydrogen-bond acceptors (Lipinski definition) is 3. The number of ether oxygens (including phenoxy) is 1. The molecule has 0 amide bonds. The number of fused-ring (bicyclic) bond motifs is 1. The standard InChI is InChI=1S/C11H8FNO2/c12-5-6-14-11-8-3-1-2-4-9(8)15-10(11)7-13/h1-4H,5-6H2. The van der Waals surface area contributed by atoms with E-state index in [-0.39, 0.29) is 12.4 Å². The maximum atomic E-state index is 12.0. The zero-order valence-electron chi connectivity index (χ0n) is 7.87. The predicted octanol–water partition coefficient (Wildman–Crippen LogP) is 2.65. The van der Waals surface area contributed by atoms with Gasteiger partial charge in [0.15, 0.2) is 5.75 Å². The highest BCUT2D eigenvalue weighted by molar-refractivity contribution is 5.86. The van der Waals surface area contributed by atoms with Crippen molar-refractivity contribution >= 4 is 11.0 Å². The molecule has 0 bridgehead atoms. The van der Waals surface area contributed by atoms with E-state index < -0.39 is 6.67 Å². The van der Waals surface area contributed by atoms with E-state index in [9.17, 15) is 4.39 Å². The quantitative estimate of drug-likeness (QED) is 0.773. The molecule has 0 atom stereocenters. The Labute approximate surface area is 85.7 Å². The van der Waals surface area contributed by atoms with Gasteiger partial charge >= 0.3 is 0 Å². The maximum absolute atomic E-state index is 12.0. The van der Waals surface area contributed by atoms with Gasteiger partial charge in [-0.15, -0.1) is 0 Å². The van der Waals surface area contributed by atoms with Crippen molar-refractivity contribution in [3.8, 4) is 11.8 Å². The Kier molecular flexibility index (Phi) is 2.55. The van der Waals surface area contributed by atoms with Gasteiger partial charge in [-0.05, 0) is 12.1 Å². The molecule has 2 aromatic rings. The third-order valence-electron chi connectivity index (χ3n) is 1.98. The van der Waals surface area contributed by atoms with Gasteiger partial charge in [-0.2, -0.15) is 5.26 Å². The fourth-order valence-electron chi connectivity index (χ4n) is 1.38. The molecule has 1 aromatic heterocycles. The van der Waals surface area contributed by atoms with E-state index in [1.807, 2.05) is 6.07 Å². The molecule has 3 nitrogen and oxygen atoms in total. The maximum Gasteiger partial charge on any atom is 0.246 e. The molecule has 0 aliphatic rings. The SMILES string of the molecule is N#Cc1oc2ccccc2c1OCCF. The number of benzene rings is 1. The van der Waals surface area contributed by atoms with Gasteiger partial charge in [-0.25, -0.2) is 4.39 Å². The number of nitriles is 1. The van der Waals surface area contributed by atoms with E-state index in [4.69, 9.17) is 14.4 Å². The minimum atomic E-state index is -0.593. The molecule has 0 fully saturated rings. The zero-order valence-corrected chi connectivity index (χ0v) is 7.87. The van der Waals surface area contributed by atoms with Crippen molar-refractivity contribution in [2.75, 3.05) is 13.3 Å². The van der Waals surface area contributed by atoms with E-state index in [1.165, 1.54) is 0 Å². The Balaban J connectivity index is 2.53. The summed E-state index contributed by atoms with van der Waals surface area (Å²) in [5.74, 6) is 0.412. The summed E-state index contributed by atoms with van der Waals surface area (Å²) in [6.45, 7) is -0.664. The first-order valence-electron chi connectivity index (χ1n) is 4.47. The minimum absolute atomic E-state index is 0.0712. The fourth-order valence-corrected chi connectivity index (χ4v) is 1.38. The van der Waals surface area contributed by atoms with Crippen molar-refractivity contribution in [1.82, 2.24) is 0 Å². The molecule has 4 heteroatoms. The summed E-state index contributed by atoms with van der Waals surface area (Å²) in [6, 6.07) is 8.99. The molecule has 15 heavy (non-hydrogen) atoms. The van der Waals surface area contributed by atoms with Crippen molar-refractivity contribution in [3.63, 3.8) is 0 Å². The zero-order chi connectivity index (χ0) is 10.7. The van der Waals surface area contributed by atoms with Gasteiger partial charge in [0.25, 0.3) is 0 Å². The van der Waals surface area contributed by atoms with Gasteiger partial charge in [0.2, 0.25) is 5.76 Å². The first-order valence-corrected chi connectivity index (χ1v) is 4.47. The smallest absolute Gasteiger partial charge is 0.246 e. The lowest BCUT2D eigenvalue weighted by Gasteiger charge is -1.99. The van der Waals surface area contributed by atoms with E-state index in [1.54, 1.807) is 24.3 Å². The van der Waals surface area contributed by atoms with Gasteiger partial charge in [-0.1, -0.05) is 12.1 Å². The molecule has 1 aromatic carbocycles. The molecule has 2 rings (SSSR count). The van der Waals surface area contributed by atoms with Crippen LogP contribution in [0.15, 0.2) is 28.7 Å². The number of nitrogens with zero attached hydrogens (tertiary/aromatic N) is 1. The molecule has 0 aliphatic carbocycles. The lowest BCUT2D eigenvalue weighted by atomic mass is 10.2. The van der Waals surface area contributed by atoms with Crippen LogP contribution in [0.25, 0.3) is 11.0 Å². The molecular formula is C11H8FNO2. The van der Waals surface area contributed by atoms with Crippen LogP contribution in [0.4, 0.5) is 4.39 Å². The monoisotopic (exact) mass is 205 g/mol. The minimum Gasteiger partial charge on any atom is -0.485 e. The summed E-state index contributed by atoms with van der Waals surface area (Å²) in [6.07, 6.45) is 0. The highest BCUT2D eigenvalue weighted by atomic mass is 19.1. The molecule has 0 saturated carbocycles. The molecule has 1 heterocycles. The van der Waals surface area contributed by atoms with Gasteiger partial charge in [0, 0.05) is 0 Å². The molecule has 0 radical (unpaired) electrons. The van der Waals surface area contributed by atoms with Crippen LogP contribution >= 0.6 is 0 Å². The Morgan fingerprint density at radius 1 is 1.40 bits per heavy atom. The number of rotatable bonds is 3. The third-order valence-corrected chi connectivity index (χ3v) is 1.98. The van der Waals surface area contributed by atoms with Crippen molar-refractivity contribution in [1.29, 1.82) is 5.26 Å². The van der Waals surface area contributed by atoms with Crippen LogP contribution in [0, 0.1) is 11.3 Å². The number of para-hydroxylation sites is 1. The van der Waals surface area contributed by atoms with Gasteiger partial charge in [0.05, 0.1) is 5.39 Å². The molecule has 0 unspecified atom stereocenters. The van der Waals surface area contributed by atoms with Gasteiger partial charge in [-0.3, -0.25) is 0 Å². The summed E-state index contributed by atoms with van der Waals surface area (Å²) in [5.41, 5.74) is 0.572. The summed E-state index contributed by atoms with van der Waals surface area (Å²) in [5, 5.41) is 9.50. The van der Waals surface area contributed by atoms with Crippen LogP contribution in [-0.2, 0) is 0 Å². The van der Waals surface area contributed by atoms with Gasteiger partial charge in [0.1, 0.15) is 24.9 Å². The van der Waals surface area contributed by atoms with Crippen molar-refractivity contribution in [3.05, 3.63) is 30.0 Å². The highest BCUT2D eigenvalue weighted by Gasteiger charge is 2.14. The second-order valence-electron chi connectivity index (χ2n) is 2.91. The lowest BCUT2D eigenvalue weighted by Crippen LogP contribution is -1.98. The van der Waals surface area contributed by atoms with Gasteiger partial charge < -0.3 is 9.15 Å². The third kappa shape index (κ3) is 1.64. The normalized spacial score (nSPS) is 10.1. The molecule has 0 aliphatic heterocycles. The Bertz CT molecular complexity index is 513. The van der Waals surface area contributed by atoms with Crippen molar-refractivity contribution in [2.24, 2.45) is 0 Å². The predicted molar refractivity (Wildman–Crippen MR) is 52.4 cm³/mol. The summed E-state index contributed by atoms with van der Waals surface area (Å²) in [4.78, 5) is 0. The Morgan fingerprint density at radius 3 is 2.93 bits per heavy atom. The topological polar surface area (TPSA) is 46.2 Å². The number of halogens is 1. The van der Waals surface area contributed by atoms with E-state index in [0.717, 1.165) is 0 Å². The van der Waals surface area contributed by atoms with Crippen LogP contribution in [0.2, 0.25) is 0 Å². The number of alkyl halides is 1. The lowest BCUT2D eigenvalue weighted by molar-refractivity contribution is 0.272. The molecule has 76 valence electrons. The molecule has 0 N–H and O–H groups in total. The first kappa shape index (κ1) is 9.53. The number of hydrogen-bond donors (Lipinski definition) is 0. The van der Waals surface area contributed by atoms with Crippen LogP contribution < -0.4 is 4.74 Å². The Hall–Kier alpha value is -2.02. The molecular weight excluding hydrogens is 197 g/mol. The van der Waals surface area contributed by atoms with E-state index in [0.29, 0.717) is 16.7 Å². The molecule has 0 saturated heterocycles. The van der Waals surface area contributed by atoms with Crippen LogP contribution in [0.5, 0.6) is 5.75 Å². The van der Waals surface area contributed by atoms with Crippen LogP contribution in [0.3, 0.4) is 0 Å². The first-order chi connectivity index (χ1) is 7.36. The summed E-state index contributed by atoms with van der Waals surface area (Å²) < 4.78 is 22.4. The van der Waals surface area contributed by atoms with E-state index in [2.05, 4.69) is 0 Å². The number of furan rings is 1. The van der Waals surface area contributed by atoms with Crippen LogP contribution in [0.1, 0.15) is 5.76 Å². The largest absolute Gasteiger partial charge is 0.485 e. The fraction of sp³-hybridized carbons (Fsp3) is 0.182. The average Bonchev–Trinajstić information content (AvgIpc) is 2.64. The van der Waals surface area contributed by atoms with E-state index >= 15 is 0 Å². The average molecular weight is 205 g/mol. The molecule has 0 spiro atoms.